The van der Waals surface area contributed by atoms with Crippen LogP contribution in [0.2, 0.25) is 0 Å². The third-order valence-electron chi connectivity index (χ3n) is 7.22. The smallest absolute Gasteiger partial charge is 0.234 e. The van der Waals surface area contributed by atoms with E-state index in [0.717, 1.165) is 51.7 Å². The highest BCUT2D eigenvalue weighted by molar-refractivity contribution is 5.79. The van der Waals surface area contributed by atoms with E-state index in [1.165, 1.54) is 19.3 Å². The van der Waals surface area contributed by atoms with Gasteiger partial charge >= 0.3 is 0 Å². The lowest BCUT2D eigenvalue weighted by Gasteiger charge is -2.48. The predicted octanol–water partition coefficient (Wildman–Crippen LogP) is 1.63. The van der Waals surface area contributed by atoms with E-state index >= 15 is 0 Å². The summed E-state index contributed by atoms with van der Waals surface area (Å²) in [5, 5.41) is 6.71. The summed E-state index contributed by atoms with van der Waals surface area (Å²) in [6.45, 7) is 13.2. The summed E-state index contributed by atoms with van der Waals surface area (Å²) in [6, 6.07) is 0. The van der Waals surface area contributed by atoms with Crippen LogP contribution in [0.15, 0.2) is 0 Å². The Bertz CT molecular complexity index is 448. The van der Waals surface area contributed by atoms with Crippen molar-refractivity contribution in [3.05, 3.63) is 0 Å². The van der Waals surface area contributed by atoms with Crippen LogP contribution in [-0.2, 0) is 9.53 Å². The number of rotatable bonds is 7. The number of nitrogens with one attached hydrogen (secondary N) is 2. The van der Waals surface area contributed by atoms with E-state index in [-0.39, 0.29) is 16.9 Å². The molecule has 3 fully saturated rings. The summed E-state index contributed by atoms with van der Waals surface area (Å²) in [5.74, 6) is 1.58. The van der Waals surface area contributed by atoms with Gasteiger partial charge in [-0.15, -0.1) is 0 Å². The molecule has 5 nitrogen and oxygen atoms in total. The molecule has 138 valence electrons. The third kappa shape index (κ3) is 3.49. The molecule has 0 aromatic carbocycles. The second kappa shape index (κ2) is 7.30. The van der Waals surface area contributed by atoms with Crippen molar-refractivity contribution < 1.29 is 9.53 Å². The van der Waals surface area contributed by atoms with Crippen LogP contribution in [0.25, 0.3) is 0 Å². The molecule has 0 radical (unpaired) electrons. The maximum atomic E-state index is 12.4. The van der Waals surface area contributed by atoms with Crippen LogP contribution in [-0.4, -0.2) is 62.3 Å². The Morgan fingerprint density at radius 1 is 1.17 bits per heavy atom. The van der Waals surface area contributed by atoms with Gasteiger partial charge in [0, 0.05) is 18.6 Å². The summed E-state index contributed by atoms with van der Waals surface area (Å²) >= 11 is 0. The summed E-state index contributed by atoms with van der Waals surface area (Å²) < 4.78 is 5.36. The van der Waals surface area contributed by atoms with Gasteiger partial charge in [-0.1, -0.05) is 13.8 Å². The van der Waals surface area contributed by atoms with Crippen LogP contribution in [0.5, 0.6) is 0 Å². The van der Waals surface area contributed by atoms with Crippen LogP contribution >= 0.6 is 0 Å². The number of hydrogen-bond donors (Lipinski definition) is 2. The molecule has 3 rings (SSSR count). The third-order valence-corrected chi connectivity index (χ3v) is 7.22. The van der Waals surface area contributed by atoms with Crippen LogP contribution in [0.3, 0.4) is 0 Å². The van der Waals surface area contributed by atoms with Crippen LogP contribution in [0.4, 0.5) is 0 Å². The molecule has 1 heterocycles. The Balaban J connectivity index is 1.35. The minimum absolute atomic E-state index is 0.0392. The second-order valence-electron chi connectivity index (χ2n) is 8.66. The van der Waals surface area contributed by atoms with Crippen LogP contribution in [0, 0.1) is 17.3 Å². The molecular weight excluding hydrogens is 302 g/mol. The van der Waals surface area contributed by atoms with E-state index in [0.29, 0.717) is 12.5 Å². The lowest BCUT2D eigenvalue weighted by molar-refractivity contribution is -0.124. The molecule has 2 aliphatic carbocycles. The molecule has 1 saturated heterocycles. The van der Waals surface area contributed by atoms with Crippen LogP contribution in [0.1, 0.15) is 46.5 Å². The van der Waals surface area contributed by atoms with Crippen molar-refractivity contribution >= 4 is 5.91 Å². The van der Waals surface area contributed by atoms with Crippen molar-refractivity contribution in [1.29, 1.82) is 0 Å². The molecule has 2 N–H and O–H groups in total. The Kier molecular flexibility index (Phi) is 5.52. The summed E-state index contributed by atoms with van der Waals surface area (Å²) in [7, 11) is 0. The van der Waals surface area contributed by atoms with E-state index < -0.39 is 0 Å². The topological polar surface area (TPSA) is 53.6 Å². The first-order valence-electron chi connectivity index (χ1n) is 9.75. The van der Waals surface area contributed by atoms with E-state index in [1.54, 1.807) is 0 Å². The fourth-order valence-corrected chi connectivity index (χ4v) is 5.16. The van der Waals surface area contributed by atoms with Gasteiger partial charge in [0.2, 0.25) is 5.91 Å². The molecule has 0 aromatic rings. The van der Waals surface area contributed by atoms with Crippen molar-refractivity contribution in [2.24, 2.45) is 17.3 Å². The molecule has 1 amide bonds. The first-order valence-corrected chi connectivity index (χ1v) is 9.75. The van der Waals surface area contributed by atoms with Gasteiger partial charge in [0.1, 0.15) is 0 Å². The fourth-order valence-electron chi connectivity index (χ4n) is 5.16. The normalized spacial score (nSPS) is 35.3. The number of fused-ring (bicyclic) bond motifs is 2. The van der Waals surface area contributed by atoms with E-state index in [2.05, 4.69) is 36.3 Å². The Labute approximate surface area is 146 Å². The van der Waals surface area contributed by atoms with Gasteiger partial charge in [-0.3, -0.25) is 9.69 Å². The van der Waals surface area contributed by atoms with Crippen molar-refractivity contribution in [1.82, 2.24) is 15.5 Å². The largest absolute Gasteiger partial charge is 0.379 e. The molecule has 2 bridgehead atoms. The average molecular weight is 338 g/mol. The first kappa shape index (κ1) is 18.2. The summed E-state index contributed by atoms with van der Waals surface area (Å²) in [4.78, 5) is 14.9. The van der Waals surface area contributed by atoms with Crippen molar-refractivity contribution in [3.8, 4) is 0 Å². The molecule has 3 atom stereocenters. The standard InChI is InChI=1S/C19H35N3O2/c1-18(2)15-5-6-16(13-15)19(18,3)21-17(23)14-20-7-4-8-22-9-11-24-12-10-22/h15-16,20H,4-14H2,1-3H3,(H,21,23)/t15-,16-,19-/m1/s1. The predicted molar refractivity (Wildman–Crippen MR) is 95.9 cm³/mol. The monoisotopic (exact) mass is 337 g/mol. The first-order chi connectivity index (χ1) is 11.4. The summed E-state index contributed by atoms with van der Waals surface area (Å²) in [6.07, 6.45) is 4.98. The number of carbonyl (C=O) groups excluding carboxylic acids is 1. The van der Waals surface area contributed by atoms with Gasteiger partial charge in [0.15, 0.2) is 0 Å². The lowest BCUT2D eigenvalue weighted by atomic mass is 9.64. The molecule has 24 heavy (non-hydrogen) atoms. The number of hydrogen-bond acceptors (Lipinski definition) is 4. The van der Waals surface area contributed by atoms with Gasteiger partial charge in [0.05, 0.1) is 19.8 Å². The molecule has 0 aromatic heterocycles. The Hall–Kier alpha value is -0.650. The number of ether oxygens (including phenoxy) is 1. The van der Waals surface area contributed by atoms with Crippen LogP contribution < -0.4 is 10.6 Å². The van der Waals surface area contributed by atoms with Crippen molar-refractivity contribution in [2.45, 2.75) is 52.0 Å². The van der Waals surface area contributed by atoms with Gasteiger partial charge in [0.25, 0.3) is 0 Å². The number of nitrogens with zero attached hydrogens (tertiary/aromatic N) is 1. The number of morpholine rings is 1. The quantitative estimate of drug-likeness (QED) is 0.694. The SMILES string of the molecule is CC1(C)[C@@H]2CC[C@H](C2)[C@@]1(C)NC(=O)CNCCCN1CCOCC1. The highest BCUT2D eigenvalue weighted by atomic mass is 16.5. The van der Waals surface area contributed by atoms with Gasteiger partial charge in [-0.25, -0.2) is 0 Å². The molecular formula is C19H35N3O2. The molecule has 2 saturated carbocycles. The highest BCUT2D eigenvalue weighted by Crippen LogP contribution is 2.61. The van der Waals surface area contributed by atoms with E-state index in [1.807, 2.05) is 0 Å². The van der Waals surface area contributed by atoms with E-state index in [4.69, 9.17) is 4.74 Å². The molecule has 1 aliphatic heterocycles. The van der Waals surface area contributed by atoms with Gasteiger partial charge < -0.3 is 15.4 Å². The maximum absolute atomic E-state index is 12.4. The maximum Gasteiger partial charge on any atom is 0.234 e. The second-order valence-corrected chi connectivity index (χ2v) is 8.66. The number of amides is 1. The van der Waals surface area contributed by atoms with Crippen molar-refractivity contribution in [2.75, 3.05) is 45.9 Å². The Morgan fingerprint density at radius 3 is 2.54 bits per heavy atom. The van der Waals surface area contributed by atoms with Crippen molar-refractivity contribution in [3.63, 3.8) is 0 Å². The number of carbonyl (C=O) groups is 1. The zero-order valence-corrected chi connectivity index (χ0v) is 15.7. The molecule has 0 unspecified atom stereocenters. The molecule has 0 spiro atoms. The highest BCUT2D eigenvalue weighted by Gasteiger charge is 2.60. The van der Waals surface area contributed by atoms with Gasteiger partial charge in [-0.05, 0) is 62.9 Å². The Morgan fingerprint density at radius 2 is 1.88 bits per heavy atom. The zero-order chi connectivity index (χ0) is 17.2. The lowest BCUT2D eigenvalue weighted by Crippen LogP contribution is -2.60. The minimum Gasteiger partial charge on any atom is -0.379 e. The van der Waals surface area contributed by atoms with E-state index in [9.17, 15) is 4.79 Å². The zero-order valence-electron chi connectivity index (χ0n) is 15.7. The summed E-state index contributed by atoms with van der Waals surface area (Å²) in [5.41, 5.74) is 0.171. The average Bonchev–Trinajstić information content (AvgIpc) is 3.11. The van der Waals surface area contributed by atoms with Gasteiger partial charge in [-0.2, -0.15) is 0 Å². The fraction of sp³-hybridized carbons (Fsp3) is 0.947. The molecule has 5 heteroatoms. The minimum atomic E-state index is -0.0392. The molecule has 3 aliphatic rings.